The predicted molar refractivity (Wildman–Crippen MR) is 98.4 cm³/mol. The van der Waals surface area contributed by atoms with Crippen LogP contribution in [0.5, 0.6) is 0 Å². The molecule has 25 heavy (non-hydrogen) atoms. The van der Waals surface area contributed by atoms with E-state index in [4.69, 9.17) is 0 Å². The lowest BCUT2D eigenvalue weighted by Crippen LogP contribution is -2.47. The van der Waals surface area contributed by atoms with Gasteiger partial charge in [-0.3, -0.25) is 9.59 Å². The predicted octanol–water partition coefficient (Wildman–Crippen LogP) is 2.21. The number of nitrogens with zero attached hydrogens (tertiary/aromatic N) is 1. The molecule has 0 radical (unpaired) electrons. The number of piperidine rings is 1. The van der Waals surface area contributed by atoms with Crippen molar-refractivity contribution >= 4 is 24.2 Å². The Labute approximate surface area is 154 Å². The summed E-state index contributed by atoms with van der Waals surface area (Å²) in [4.78, 5) is 26.5. The highest BCUT2D eigenvalue weighted by Crippen LogP contribution is 2.19. The number of amides is 2. The molecule has 7 heteroatoms. The molecule has 0 saturated carbocycles. The zero-order valence-corrected chi connectivity index (χ0v) is 15.6. The normalized spacial score (nSPS) is 18.2. The first-order valence-electron chi connectivity index (χ1n) is 8.57. The molecule has 5 nitrogen and oxygen atoms in total. The van der Waals surface area contributed by atoms with Crippen LogP contribution < -0.4 is 10.6 Å². The lowest BCUT2D eigenvalue weighted by molar-refractivity contribution is -0.126. The summed E-state index contributed by atoms with van der Waals surface area (Å²) >= 11 is 0. The quantitative estimate of drug-likeness (QED) is 0.806. The summed E-state index contributed by atoms with van der Waals surface area (Å²) in [5.74, 6) is -0.695. The highest BCUT2D eigenvalue weighted by atomic mass is 35.5. The summed E-state index contributed by atoms with van der Waals surface area (Å²) in [5.41, 5.74) is 0.457. The molecular weight excluding hydrogens is 345 g/mol. The second-order valence-electron chi connectivity index (χ2n) is 6.30. The number of hydrogen-bond acceptors (Lipinski definition) is 3. The van der Waals surface area contributed by atoms with Gasteiger partial charge in [-0.25, -0.2) is 4.39 Å². The zero-order valence-electron chi connectivity index (χ0n) is 14.8. The van der Waals surface area contributed by atoms with Gasteiger partial charge in [-0.1, -0.05) is 6.92 Å². The summed E-state index contributed by atoms with van der Waals surface area (Å²) in [6.45, 7) is 6.54. The summed E-state index contributed by atoms with van der Waals surface area (Å²) in [7, 11) is 0. The van der Waals surface area contributed by atoms with E-state index in [0.29, 0.717) is 25.2 Å². The van der Waals surface area contributed by atoms with Crippen LogP contribution >= 0.6 is 12.4 Å². The molecule has 1 aromatic rings. The molecule has 2 amide bonds. The Kier molecular flexibility index (Phi) is 8.86. The Morgan fingerprint density at radius 2 is 2.00 bits per heavy atom. The molecule has 0 bridgehead atoms. The van der Waals surface area contributed by atoms with E-state index in [1.165, 1.54) is 24.3 Å². The third kappa shape index (κ3) is 6.29. The largest absolute Gasteiger partial charge is 0.354 e. The van der Waals surface area contributed by atoms with Crippen LogP contribution in [0.4, 0.5) is 4.39 Å². The topological polar surface area (TPSA) is 61.4 Å². The number of hydrogen-bond donors (Lipinski definition) is 2. The SMILES string of the molecule is CCN[C@H](C)CNC(=O)C1CCCN(C(=O)c2ccc(F)cc2)C1.Cl. The first kappa shape index (κ1) is 21.4. The molecule has 1 fully saturated rings. The molecule has 2 N–H and O–H groups in total. The van der Waals surface area contributed by atoms with Crippen LogP contribution in [-0.2, 0) is 4.79 Å². The molecule has 1 saturated heterocycles. The fraction of sp³-hybridized carbons (Fsp3) is 0.556. The first-order chi connectivity index (χ1) is 11.5. The van der Waals surface area contributed by atoms with Gasteiger partial charge in [0.25, 0.3) is 5.91 Å². The number of benzene rings is 1. The van der Waals surface area contributed by atoms with Gasteiger partial charge in [-0.2, -0.15) is 0 Å². The van der Waals surface area contributed by atoms with Crippen molar-refractivity contribution < 1.29 is 14.0 Å². The summed E-state index contributed by atoms with van der Waals surface area (Å²) < 4.78 is 13.0. The lowest BCUT2D eigenvalue weighted by Gasteiger charge is -2.32. The fourth-order valence-electron chi connectivity index (χ4n) is 2.97. The van der Waals surface area contributed by atoms with E-state index in [1.807, 2.05) is 13.8 Å². The van der Waals surface area contributed by atoms with Crippen LogP contribution in [0.1, 0.15) is 37.0 Å². The highest BCUT2D eigenvalue weighted by Gasteiger charge is 2.28. The maximum absolute atomic E-state index is 13.0. The molecule has 1 aromatic carbocycles. The van der Waals surface area contributed by atoms with Crippen molar-refractivity contribution in [1.82, 2.24) is 15.5 Å². The Bertz CT molecular complexity index is 568. The van der Waals surface area contributed by atoms with Crippen LogP contribution in [0.3, 0.4) is 0 Å². The van der Waals surface area contributed by atoms with Gasteiger partial charge in [0, 0.05) is 31.2 Å². The Balaban J connectivity index is 0.00000312. The molecule has 1 aliphatic heterocycles. The van der Waals surface area contributed by atoms with E-state index in [2.05, 4.69) is 10.6 Å². The molecule has 2 atom stereocenters. The third-order valence-electron chi connectivity index (χ3n) is 4.31. The number of likely N-dealkylation sites (N-methyl/N-ethyl adjacent to an activating group) is 1. The maximum atomic E-state index is 13.0. The molecule has 140 valence electrons. The van der Waals surface area contributed by atoms with Gasteiger partial charge in [0.15, 0.2) is 0 Å². The van der Waals surface area contributed by atoms with Gasteiger partial charge in [0.1, 0.15) is 5.82 Å². The lowest BCUT2D eigenvalue weighted by atomic mass is 9.96. The Morgan fingerprint density at radius 1 is 1.32 bits per heavy atom. The summed E-state index contributed by atoms with van der Waals surface area (Å²) in [5, 5.41) is 6.20. The second kappa shape index (κ2) is 10.4. The Morgan fingerprint density at radius 3 is 2.64 bits per heavy atom. The third-order valence-corrected chi connectivity index (χ3v) is 4.31. The molecular formula is C18H27ClFN3O2. The maximum Gasteiger partial charge on any atom is 0.253 e. The molecule has 0 aromatic heterocycles. The van der Waals surface area contributed by atoms with Crippen LogP contribution in [0.15, 0.2) is 24.3 Å². The molecule has 1 aliphatic rings. The monoisotopic (exact) mass is 371 g/mol. The van der Waals surface area contributed by atoms with Gasteiger partial charge < -0.3 is 15.5 Å². The smallest absolute Gasteiger partial charge is 0.253 e. The first-order valence-corrected chi connectivity index (χ1v) is 8.57. The van der Waals surface area contributed by atoms with Gasteiger partial charge in [0.2, 0.25) is 5.91 Å². The van der Waals surface area contributed by atoms with Crippen molar-refractivity contribution in [3.63, 3.8) is 0 Å². The van der Waals surface area contributed by atoms with Crippen LogP contribution in [0.25, 0.3) is 0 Å². The minimum Gasteiger partial charge on any atom is -0.354 e. The van der Waals surface area contributed by atoms with Crippen molar-refractivity contribution in [1.29, 1.82) is 0 Å². The minimum atomic E-state index is -0.364. The fourth-order valence-corrected chi connectivity index (χ4v) is 2.97. The summed E-state index contributed by atoms with van der Waals surface area (Å²) in [6.07, 6.45) is 1.59. The second-order valence-corrected chi connectivity index (χ2v) is 6.30. The van der Waals surface area contributed by atoms with Crippen LogP contribution in [0.2, 0.25) is 0 Å². The number of carbonyl (C=O) groups excluding carboxylic acids is 2. The standard InChI is InChI=1S/C18H26FN3O2.ClH/c1-3-20-13(2)11-21-17(23)15-5-4-10-22(12-15)18(24)14-6-8-16(19)9-7-14;/h6-9,13,15,20H,3-5,10-12H2,1-2H3,(H,21,23);1H/t13-,15?;/m1./s1. The van der Waals surface area contributed by atoms with Gasteiger partial charge in [-0.05, 0) is 50.6 Å². The molecule has 1 heterocycles. The van der Waals surface area contributed by atoms with Crippen molar-refractivity contribution in [2.75, 3.05) is 26.2 Å². The molecule has 1 unspecified atom stereocenters. The van der Waals surface area contributed by atoms with Crippen LogP contribution in [-0.4, -0.2) is 48.9 Å². The minimum absolute atomic E-state index is 0. The van der Waals surface area contributed by atoms with E-state index in [-0.39, 0.29) is 42.0 Å². The van der Waals surface area contributed by atoms with Gasteiger partial charge in [-0.15, -0.1) is 12.4 Å². The average Bonchev–Trinajstić information content (AvgIpc) is 2.60. The zero-order chi connectivity index (χ0) is 17.5. The van der Waals surface area contributed by atoms with E-state index >= 15 is 0 Å². The van der Waals surface area contributed by atoms with Crippen molar-refractivity contribution in [2.24, 2.45) is 5.92 Å². The van der Waals surface area contributed by atoms with Crippen LogP contribution in [0, 0.1) is 11.7 Å². The molecule has 0 aliphatic carbocycles. The molecule has 0 spiro atoms. The number of halogens is 2. The van der Waals surface area contributed by atoms with Gasteiger partial charge in [0.05, 0.1) is 5.92 Å². The van der Waals surface area contributed by atoms with Crippen molar-refractivity contribution in [3.05, 3.63) is 35.6 Å². The number of rotatable bonds is 6. The molecule has 2 rings (SSSR count). The average molecular weight is 372 g/mol. The highest BCUT2D eigenvalue weighted by molar-refractivity contribution is 5.94. The van der Waals surface area contributed by atoms with E-state index in [1.54, 1.807) is 4.90 Å². The number of likely N-dealkylation sites (tertiary alicyclic amines) is 1. The van der Waals surface area contributed by atoms with Crippen molar-refractivity contribution in [2.45, 2.75) is 32.7 Å². The van der Waals surface area contributed by atoms with Crippen molar-refractivity contribution in [3.8, 4) is 0 Å². The number of nitrogens with one attached hydrogen (secondary N) is 2. The van der Waals surface area contributed by atoms with Gasteiger partial charge >= 0.3 is 0 Å². The van der Waals surface area contributed by atoms with E-state index < -0.39 is 0 Å². The Hall–Kier alpha value is -1.66. The summed E-state index contributed by atoms with van der Waals surface area (Å²) in [6, 6.07) is 5.76. The van der Waals surface area contributed by atoms with E-state index in [0.717, 1.165) is 19.4 Å². The number of carbonyl (C=O) groups is 2. The van der Waals surface area contributed by atoms with E-state index in [9.17, 15) is 14.0 Å².